The van der Waals surface area contributed by atoms with Gasteiger partial charge in [-0.3, -0.25) is 4.79 Å². The van der Waals surface area contributed by atoms with Gasteiger partial charge in [-0.15, -0.1) is 0 Å². The fourth-order valence-electron chi connectivity index (χ4n) is 3.32. The summed E-state index contributed by atoms with van der Waals surface area (Å²) in [4.78, 5) is 35.6. The van der Waals surface area contributed by atoms with Gasteiger partial charge in [-0.2, -0.15) is 0 Å². The molecule has 0 radical (unpaired) electrons. The van der Waals surface area contributed by atoms with Gasteiger partial charge in [0.05, 0.1) is 18.2 Å². The summed E-state index contributed by atoms with van der Waals surface area (Å²) >= 11 is 0. The van der Waals surface area contributed by atoms with Gasteiger partial charge < -0.3 is 19.4 Å². The maximum absolute atomic E-state index is 12.4. The predicted octanol–water partition coefficient (Wildman–Crippen LogP) is 3.76. The number of fused-ring (bicyclic) bond motifs is 2. The Morgan fingerprint density at radius 3 is 2.45 bits per heavy atom. The van der Waals surface area contributed by atoms with E-state index in [0.717, 1.165) is 0 Å². The number of hydrogen-bond donors (Lipinski definition) is 2. The second kappa shape index (κ2) is 6.79. The highest BCUT2D eigenvalue weighted by atomic mass is 16.5. The average Bonchev–Trinajstić information content (AvgIpc) is 2.70. The molecule has 0 aromatic heterocycles. The number of benzene rings is 3. The fourth-order valence-corrected chi connectivity index (χ4v) is 3.32. The topological polar surface area (TPSA) is 114 Å². The minimum atomic E-state index is -1.18. The number of methoxy groups -OCH3 is 1. The molecule has 0 bridgehead atoms. The molecule has 1 aliphatic heterocycles. The van der Waals surface area contributed by atoms with E-state index in [1.54, 1.807) is 12.1 Å². The number of carboxylic acids is 1. The van der Waals surface area contributed by atoms with E-state index < -0.39 is 11.9 Å². The Kier molecular flexibility index (Phi) is 4.27. The smallest absolute Gasteiger partial charge is 0.338 e. The number of phenols is 1. The van der Waals surface area contributed by atoms with Crippen molar-refractivity contribution in [2.24, 2.45) is 0 Å². The van der Waals surface area contributed by atoms with Crippen molar-refractivity contribution in [1.29, 1.82) is 0 Å². The first-order valence-corrected chi connectivity index (χ1v) is 8.54. The minimum Gasteiger partial charge on any atom is -0.508 e. The van der Waals surface area contributed by atoms with Gasteiger partial charge in [-0.25, -0.2) is 9.59 Å². The molecule has 2 aromatic rings. The number of aromatic carboxylic acids is 1. The van der Waals surface area contributed by atoms with Gasteiger partial charge in [0.1, 0.15) is 17.1 Å². The lowest BCUT2D eigenvalue weighted by Gasteiger charge is -2.17. The van der Waals surface area contributed by atoms with Crippen LogP contribution in [0.1, 0.15) is 20.7 Å². The van der Waals surface area contributed by atoms with Crippen molar-refractivity contribution in [3.63, 3.8) is 0 Å². The highest BCUT2D eigenvalue weighted by Gasteiger charge is 2.23. The maximum Gasteiger partial charge on any atom is 0.338 e. The van der Waals surface area contributed by atoms with E-state index in [1.807, 2.05) is 0 Å². The molecule has 4 rings (SSSR count). The molecule has 0 saturated carbocycles. The predicted molar refractivity (Wildman–Crippen MR) is 105 cm³/mol. The van der Waals surface area contributed by atoms with Crippen LogP contribution in [0, 0.1) is 0 Å². The largest absolute Gasteiger partial charge is 0.508 e. The summed E-state index contributed by atoms with van der Waals surface area (Å²) in [6, 6.07) is 12.9. The van der Waals surface area contributed by atoms with E-state index in [1.165, 1.54) is 49.6 Å². The molecule has 0 amide bonds. The van der Waals surface area contributed by atoms with Gasteiger partial charge in [0.15, 0.2) is 5.43 Å². The van der Waals surface area contributed by atoms with Gasteiger partial charge in [0.25, 0.3) is 0 Å². The molecular weight excluding hydrogens is 376 g/mol. The standard InChI is InChI=1S/C22H14O7/c1-28-22(27)17-8-11(21(25)26)2-5-14(17)20-15-6-3-12(23)9-18(15)29-19-10-13(24)4-7-16(19)20/h2-10,23H,1H3,(H,25,26). The SMILES string of the molecule is COC(=O)c1cc(C(=O)O)ccc1-c1c2ccc(=O)cc-2oc2cc(O)ccc12. The summed E-state index contributed by atoms with van der Waals surface area (Å²) in [6.45, 7) is 0. The van der Waals surface area contributed by atoms with Crippen LogP contribution in [-0.2, 0) is 4.74 Å². The number of aromatic hydroxyl groups is 1. The molecule has 2 N–H and O–H groups in total. The number of rotatable bonds is 3. The zero-order chi connectivity index (χ0) is 20.7. The molecule has 1 heterocycles. The molecule has 0 saturated heterocycles. The van der Waals surface area contributed by atoms with Crippen LogP contribution in [0.5, 0.6) is 5.75 Å². The number of carboxylic acid groups (broad SMARTS) is 1. The van der Waals surface area contributed by atoms with Gasteiger partial charge in [-0.05, 0) is 42.0 Å². The first-order chi connectivity index (χ1) is 13.9. The molecule has 0 fully saturated rings. The summed E-state index contributed by atoms with van der Waals surface area (Å²) in [5.74, 6) is -1.65. The zero-order valence-electron chi connectivity index (χ0n) is 15.1. The number of ether oxygens (including phenoxy) is 1. The molecule has 0 spiro atoms. The Balaban J connectivity index is 2.16. The van der Waals surface area contributed by atoms with E-state index in [0.29, 0.717) is 27.7 Å². The second-order valence-corrected chi connectivity index (χ2v) is 6.37. The van der Waals surface area contributed by atoms with Crippen molar-refractivity contribution in [3.8, 4) is 28.2 Å². The highest BCUT2D eigenvalue weighted by Crippen LogP contribution is 2.42. The normalized spacial score (nSPS) is 10.9. The third-order valence-electron chi connectivity index (χ3n) is 4.62. The molecule has 7 nitrogen and oxygen atoms in total. The van der Waals surface area contributed by atoms with Crippen LogP contribution in [0.15, 0.2) is 63.8 Å². The fraction of sp³-hybridized carbons (Fsp3) is 0.0455. The number of carbonyl (C=O) groups excluding carboxylic acids is 1. The molecule has 144 valence electrons. The van der Waals surface area contributed by atoms with Crippen molar-refractivity contribution in [2.75, 3.05) is 7.11 Å². The second-order valence-electron chi connectivity index (χ2n) is 6.37. The lowest BCUT2D eigenvalue weighted by Crippen LogP contribution is -2.08. The summed E-state index contributed by atoms with van der Waals surface area (Å²) in [7, 11) is 1.21. The number of hydrogen-bond acceptors (Lipinski definition) is 6. The third kappa shape index (κ3) is 3.08. The molecule has 29 heavy (non-hydrogen) atoms. The van der Waals surface area contributed by atoms with Crippen molar-refractivity contribution < 1.29 is 29.0 Å². The minimum absolute atomic E-state index is 0.0285. The van der Waals surface area contributed by atoms with Gasteiger partial charge in [-0.1, -0.05) is 6.07 Å². The van der Waals surface area contributed by atoms with Crippen LogP contribution in [-0.4, -0.2) is 29.3 Å². The van der Waals surface area contributed by atoms with Crippen LogP contribution in [0.2, 0.25) is 0 Å². The number of carbonyl (C=O) groups is 2. The summed E-state index contributed by atoms with van der Waals surface area (Å²) in [6.07, 6.45) is 0. The van der Waals surface area contributed by atoms with E-state index >= 15 is 0 Å². The Morgan fingerprint density at radius 2 is 1.72 bits per heavy atom. The Hall–Kier alpha value is -4.13. The van der Waals surface area contributed by atoms with E-state index in [-0.39, 0.29) is 28.1 Å². The summed E-state index contributed by atoms with van der Waals surface area (Å²) in [5, 5.41) is 19.7. The van der Waals surface area contributed by atoms with E-state index in [4.69, 9.17) is 9.15 Å². The zero-order valence-corrected chi connectivity index (χ0v) is 15.1. The third-order valence-corrected chi connectivity index (χ3v) is 4.62. The van der Waals surface area contributed by atoms with Crippen LogP contribution >= 0.6 is 0 Å². The summed E-state index contributed by atoms with van der Waals surface area (Å²) < 4.78 is 10.6. The van der Waals surface area contributed by atoms with Crippen molar-refractivity contribution in [3.05, 3.63) is 75.9 Å². The Bertz CT molecular complexity index is 1320. The quantitative estimate of drug-likeness (QED) is 0.404. The molecule has 7 heteroatoms. The van der Waals surface area contributed by atoms with Gasteiger partial charge in [0, 0.05) is 28.6 Å². The first-order valence-electron chi connectivity index (χ1n) is 8.54. The van der Waals surface area contributed by atoms with Crippen LogP contribution in [0.4, 0.5) is 0 Å². The lowest BCUT2D eigenvalue weighted by atomic mass is 9.90. The van der Waals surface area contributed by atoms with Crippen LogP contribution in [0.3, 0.4) is 0 Å². The maximum atomic E-state index is 12.4. The van der Waals surface area contributed by atoms with Gasteiger partial charge >= 0.3 is 11.9 Å². The lowest BCUT2D eigenvalue weighted by molar-refractivity contribution is 0.0601. The Labute approximate surface area is 163 Å². The Morgan fingerprint density at radius 1 is 0.966 bits per heavy atom. The number of phenolic OH excluding ortho intramolecular Hbond substituents is 1. The van der Waals surface area contributed by atoms with Crippen molar-refractivity contribution >= 4 is 22.9 Å². The summed E-state index contributed by atoms with van der Waals surface area (Å²) in [5.41, 5.74) is 1.55. The molecule has 1 aliphatic carbocycles. The monoisotopic (exact) mass is 390 g/mol. The van der Waals surface area contributed by atoms with Crippen LogP contribution in [0.25, 0.3) is 33.4 Å². The van der Waals surface area contributed by atoms with Gasteiger partial charge in [0.2, 0.25) is 0 Å². The first kappa shape index (κ1) is 18.2. The molecular formula is C22H14O7. The number of esters is 1. The molecule has 0 atom stereocenters. The van der Waals surface area contributed by atoms with E-state index in [2.05, 4.69) is 0 Å². The molecule has 2 aromatic carbocycles. The molecule has 0 unspecified atom stereocenters. The average molecular weight is 390 g/mol. The molecule has 2 aliphatic rings. The van der Waals surface area contributed by atoms with Crippen molar-refractivity contribution in [2.45, 2.75) is 0 Å². The highest BCUT2D eigenvalue weighted by molar-refractivity contribution is 6.09. The van der Waals surface area contributed by atoms with Crippen molar-refractivity contribution in [1.82, 2.24) is 0 Å². The van der Waals surface area contributed by atoms with Crippen LogP contribution < -0.4 is 5.43 Å². The van der Waals surface area contributed by atoms with E-state index in [9.17, 15) is 24.6 Å².